The standard InChI is InChI=1S/C26H19FNS.C14H16NSi.Ir/c1-16(2)17-12-13-28-24(14-17)22-8-5-7-21-20-11-10-18(15-25(20)29-26(21)22)19-6-3-4-9-23(19)27;1-16(2,3)13-9-10-14(15-11-13)12-7-5-4-6-8-12;/h3-7,9-16H,1-2H3;4-7,9-11H,1-3H3;/q2*-1;. The van der Waals surface area contributed by atoms with Crippen LogP contribution in [0.1, 0.15) is 25.3 Å². The van der Waals surface area contributed by atoms with E-state index < -0.39 is 8.07 Å². The monoisotopic (exact) mass is 815 g/mol. The Morgan fingerprint density at radius 3 is 2.26 bits per heavy atom. The zero-order valence-corrected chi connectivity index (χ0v) is 30.8. The van der Waals surface area contributed by atoms with Crippen LogP contribution in [0.5, 0.6) is 0 Å². The van der Waals surface area contributed by atoms with Crippen molar-refractivity contribution in [1.82, 2.24) is 9.97 Å². The zero-order valence-electron chi connectivity index (χ0n) is 26.6. The van der Waals surface area contributed by atoms with Crippen molar-refractivity contribution >= 4 is 44.8 Å². The average Bonchev–Trinajstić information content (AvgIpc) is 3.43. The second-order valence-corrected chi connectivity index (χ2v) is 18.6. The van der Waals surface area contributed by atoms with Gasteiger partial charge in [-0.1, -0.05) is 93.0 Å². The van der Waals surface area contributed by atoms with E-state index in [1.165, 1.54) is 32.3 Å². The molecule has 0 saturated heterocycles. The molecule has 233 valence electrons. The smallest absolute Gasteiger partial charge is 0.131 e. The first-order valence-electron chi connectivity index (χ1n) is 15.2. The van der Waals surface area contributed by atoms with Gasteiger partial charge in [0.15, 0.2) is 0 Å². The Balaban J connectivity index is 0.000000209. The molecular weight excluding hydrogens is 780 g/mol. The van der Waals surface area contributed by atoms with Gasteiger partial charge in [0.05, 0.1) is 8.07 Å². The third kappa shape index (κ3) is 7.27. The molecule has 3 aromatic heterocycles. The van der Waals surface area contributed by atoms with Gasteiger partial charge in [-0.2, -0.15) is 11.3 Å². The third-order valence-electron chi connectivity index (χ3n) is 7.94. The third-order valence-corrected chi connectivity index (χ3v) is 11.2. The van der Waals surface area contributed by atoms with Crippen molar-refractivity contribution in [1.29, 1.82) is 0 Å². The van der Waals surface area contributed by atoms with Crippen molar-refractivity contribution in [2.75, 3.05) is 0 Å². The normalized spacial score (nSPS) is 11.3. The van der Waals surface area contributed by atoms with Gasteiger partial charge in [-0.25, -0.2) is 4.39 Å². The topological polar surface area (TPSA) is 25.8 Å². The average molecular weight is 815 g/mol. The maximum atomic E-state index is 14.3. The minimum Gasteiger partial charge on any atom is -0.305 e. The first-order valence-corrected chi connectivity index (χ1v) is 19.5. The number of hydrogen-bond donors (Lipinski definition) is 0. The molecule has 3 heterocycles. The Bertz CT molecular complexity index is 2080. The molecule has 0 aliphatic carbocycles. The van der Waals surface area contributed by atoms with E-state index in [1.54, 1.807) is 17.4 Å². The zero-order chi connectivity index (χ0) is 31.6. The molecule has 6 heteroatoms. The molecule has 0 bridgehead atoms. The van der Waals surface area contributed by atoms with E-state index in [4.69, 9.17) is 0 Å². The van der Waals surface area contributed by atoms with Gasteiger partial charge >= 0.3 is 0 Å². The van der Waals surface area contributed by atoms with Crippen LogP contribution >= 0.6 is 11.3 Å². The van der Waals surface area contributed by atoms with E-state index in [-0.39, 0.29) is 25.9 Å². The molecule has 0 unspecified atom stereocenters. The molecule has 7 rings (SSSR count). The van der Waals surface area contributed by atoms with Crippen molar-refractivity contribution in [3.63, 3.8) is 0 Å². The molecule has 0 fully saturated rings. The SMILES string of the molecule is CC(C)c1ccnc(-c2[c-]ccc3c2sc2cc(-c4ccccc4F)ccc23)c1.C[Si](C)(C)c1ccc(-c2[c-]cccc2)nc1.[Ir]. The van der Waals surface area contributed by atoms with E-state index in [9.17, 15) is 4.39 Å². The first-order chi connectivity index (χ1) is 21.7. The molecule has 0 atom stereocenters. The summed E-state index contributed by atoms with van der Waals surface area (Å²) in [6.45, 7) is 11.4. The molecule has 0 N–H and O–H groups in total. The summed E-state index contributed by atoms with van der Waals surface area (Å²) in [6, 6.07) is 40.2. The first kappa shape index (κ1) is 33.6. The maximum Gasteiger partial charge on any atom is 0.131 e. The molecule has 0 saturated carbocycles. The quantitative estimate of drug-likeness (QED) is 0.128. The van der Waals surface area contributed by atoms with Crippen molar-refractivity contribution < 1.29 is 24.5 Å². The summed E-state index contributed by atoms with van der Waals surface area (Å²) in [5.74, 6) is 0.248. The fourth-order valence-corrected chi connectivity index (χ4v) is 7.57. The van der Waals surface area contributed by atoms with E-state index >= 15 is 0 Å². The second kappa shape index (κ2) is 14.3. The number of thiophene rings is 1. The van der Waals surface area contributed by atoms with Crippen LogP contribution in [0.4, 0.5) is 4.39 Å². The Kier molecular flexibility index (Phi) is 10.4. The molecule has 0 spiro atoms. The predicted molar refractivity (Wildman–Crippen MR) is 192 cm³/mol. The molecule has 0 amide bonds. The van der Waals surface area contributed by atoms with Crippen molar-refractivity contribution in [2.24, 2.45) is 0 Å². The molecule has 7 aromatic rings. The van der Waals surface area contributed by atoms with E-state index in [2.05, 4.69) is 98.1 Å². The van der Waals surface area contributed by atoms with Crippen LogP contribution in [0.15, 0.2) is 116 Å². The predicted octanol–water partition coefficient (Wildman–Crippen LogP) is 10.9. The summed E-state index contributed by atoms with van der Waals surface area (Å²) in [5, 5.41) is 3.77. The van der Waals surface area contributed by atoms with Crippen LogP contribution in [0.2, 0.25) is 19.6 Å². The fourth-order valence-electron chi connectivity index (χ4n) is 5.29. The van der Waals surface area contributed by atoms with Gasteiger partial charge in [-0.15, -0.1) is 59.7 Å². The Hall–Kier alpha value is -3.80. The maximum absolute atomic E-state index is 14.3. The number of fused-ring (bicyclic) bond motifs is 3. The van der Waals surface area contributed by atoms with Crippen LogP contribution in [0, 0.1) is 17.9 Å². The van der Waals surface area contributed by atoms with Crippen LogP contribution in [0.25, 0.3) is 53.8 Å². The summed E-state index contributed by atoms with van der Waals surface area (Å²) >= 11 is 1.72. The number of hydrogen-bond acceptors (Lipinski definition) is 3. The van der Waals surface area contributed by atoms with E-state index in [0.717, 1.165) is 32.8 Å². The summed E-state index contributed by atoms with van der Waals surface area (Å²) in [6.07, 6.45) is 3.89. The van der Waals surface area contributed by atoms with E-state index in [1.807, 2.05) is 60.9 Å². The van der Waals surface area contributed by atoms with Crippen molar-refractivity contribution in [3.05, 3.63) is 139 Å². The van der Waals surface area contributed by atoms with Gasteiger partial charge in [-0.05, 0) is 56.3 Å². The molecule has 0 aliphatic rings. The number of benzene rings is 4. The minimum atomic E-state index is -1.23. The van der Waals surface area contributed by atoms with Crippen LogP contribution < -0.4 is 5.19 Å². The Morgan fingerprint density at radius 2 is 1.57 bits per heavy atom. The van der Waals surface area contributed by atoms with Crippen LogP contribution in [-0.4, -0.2) is 18.0 Å². The van der Waals surface area contributed by atoms with Crippen LogP contribution in [0.3, 0.4) is 0 Å². The molecule has 0 aliphatic heterocycles. The molecule has 4 aromatic carbocycles. The number of nitrogens with zero attached hydrogens (tertiary/aromatic N) is 2. The van der Waals surface area contributed by atoms with Gasteiger partial charge in [0.2, 0.25) is 0 Å². The van der Waals surface area contributed by atoms with E-state index in [0.29, 0.717) is 11.5 Å². The number of pyridine rings is 2. The number of halogens is 1. The molecule has 2 nitrogen and oxygen atoms in total. The fraction of sp³-hybridized carbons (Fsp3) is 0.150. The summed E-state index contributed by atoms with van der Waals surface area (Å²) in [4.78, 5) is 9.13. The molecule has 1 radical (unpaired) electrons. The van der Waals surface area contributed by atoms with Crippen LogP contribution in [-0.2, 0) is 20.1 Å². The van der Waals surface area contributed by atoms with Gasteiger partial charge in [-0.3, -0.25) is 0 Å². The Labute approximate surface area is 289 Å². The Morgan fingerprint density at radius 1 is 0.761 bits per heavy atom. The second-order valence-electron chi connectivity index (χ2n) is 12.5. The minimum absolute atomic E-state index is 0. The van der Waals surface area contributed by atoms with Gasteiger partial charge < -0.3 is 9.97 Å². The number of aromatic nitrogens is 2. The van der Waals surface area contributed by atoms with Gasteiger partial charge in [0.25, 0.3) is 0 Å². The summed E-state index contributed by atoms with van der Waals surface area (Å²) in [5.41, 5.74) is 6.83. The van der Waals surface area contributed by atoms with Crippen molar-refractivity contribution in [3.8, 4) is 33.6 Å². The number of rotatable bonds is 5. The summed E-state index contributed by atoms with van der Waals surface area (Å²) < 4.78 is 16.6. The molecule has 46 heavy (non-hydrogen) atoms. The van der Waals surface area contributed by atoms with Gasteiger partial charge in [0.1, 0.15) is 5.82 Å². The summed E-state index contributed by atoms with van der Waals surface area (Å²) in [7, 11) is -1.23. The largest absolute Gasteiger partial charge is 0.305 e. The molecular formula is C40H35FIrN2SSi-2. The van der Waals surface area contributed by atoms with Gasteiger partial charge in [0, 0.05) is 42.8 Å². The van der Waals surface area contributed by atoms with Crippen molar-refractivity contribution in [2.45, 2.75) is 39.4 Å².